The van der Waals surface area contributed by atoms with Crippen LogP contribution in [-0.2, 0) is 14.3 Å². The molecule has 0 radical (unpaired) electrons. The number of ether oxygens (including phenoxy) is 2. The molecule has 24 heavy (non-hydrogen) atoms. The van der Waals surface area contributed by atoms with E-state index >= 15 is 0 Å². The van der Waals surface area contributed by atoms with Gasteiger partial charge >= 0.3 is 0 Å². The van der Waals surface area contributed by atoms with Gasteiger partial charge in [-0.15, -0.1) is 0 Å². The van der Waals surface area contributed by atoms with Gasteiger partial charge in [0.2, 0.25) is 11.8 Å². The summed E-state index contributed by atoms with van der Waals surface area (Å²) in [5, 5.41) is 5.91. The molecule has 1 heterocycles. The van der Waals surface area contributed by atoms with Crippen LogP contribution in [0.3, 0.4) is 0 Å². The molecule has 0 aromatic heterocycles. The summed E-state index contributed by atoms with van der Waals surface area (Å²) in [6.07, 6.45) is 0.107. The largest absolute Gasteiger partial charge is 0.497 e. The van der Waals surface area contributed by atoms with E-state index in [0.29, 0.717) is 38.5 Å². The normalized spacial score (nSPS) is 17.7. The van der Waals surface area contributed by atoms with Crippen molar-refractivity contribution in [2.24, 2.45) is 0 Å². The zero-order valence-corrected chi connectivity index (χ0v) is 14.2. The first kappa shape index (κ1) is 18.2. The first-order valence-corrected chi connectivity index (χ1v) is 8.18. The Kier molecular flexibility index (Phi) is 7.02. The molecular formula is C17H25N3O4. The molecule has 0 bridgehead atoms. The van der Waals surface area contributed by atoms with Gasteiger partial charge in [0.25, 0.3) is 0 Å². The van der Waals surface area contributed by atoms with Crippen LogP contribution in [0.2, 0.25) is 0 Å². The molecule has 2 amide bonds. The fourth-order valence-corrected chi connectivity index (χ4v) is 2.56. The summed E-state index contributed by atoms with van der Waals surface area (Å²) < 4.78 is 10.4. The number of nitrogens with one attached hydrogen (secondary N) is 2. The first-order valence-electron chi connectivity index (χ1n) is 8.18. The average Bonchev–Trinajstić information content (AvgIpc) is 2.59. The van der Waals surface area contributed by atoms with Gasteiger partial charge in [-0.1, -0.05) is 0 Å². The van der Waals surface area contributed by atoms with E-state index in [0.717, 1.165) is 5.75 Å². The van der Waals surface area contributed by atoms with E-state index < -0.39 is 6.04 Å². The molecule has 1 fully saturated rings. The molecule has 1 aromatic carbocycles. The Morgan fingerprint density at radius 2 is 2.12 bits per heavy atom. The summed E-state index contributed by atoms with van der Waals surface area (Å²) in [6, 6.07) is 6.59. The molecule has 1 aromatic rings. The molecule has 0 spiro atoms. The second kappa shape index (κ2) is 9.24. The van der Waals surface area contributed by atoms with E-state index in [1.165, 1.54) is 0 Å². The zero-order valence-electron chi connectivity index (χ0n) is 14.2. The minimum atomic E-state index is -0.487. The first-order chi connectivity index (χ1) is 11.6. The average molecular weight is 335 g/mol. The molecule has 1 aliphatic rings. The van der Waals surface area contributed by atoms with Gasteiger partial charge in [0, 0.05) is 31.9 Å². The summed E-state index contributed by atoms with van der Waals surface area (Å²) in [6.45, 7) is 4.96. The number of carbonyl (C=O) groups excluding carboxylic acids is 2. The lowest BCUT2D eigenvalue weighted by molar-refractivity contribution is -0.138. The van der Waals surface area contributed by atoms with Crippen molar-refractivity contribution in [3.05, 3.63) is 24.3 Å². The van der Waals surface area contributed by atoms with Gasteiger partial charge in [0.15, 0.2) is 0 Å². The van der Waals surface area contributed by atoms with Gasteiger partial charge in [-0.3, -0.25) is 9.59 Å². The van der Waals surface area contributed by atoms with Gasteiger partial charge in [-0.25, -0.2) is 0 Å². The highest BCUT2D eigenvalue weighted by Gasteiger charge is 2.29. The molecule has 1 saturated heterocycles. The van der Waals surface area contributed by atoms with E-state index in [2.05, 4.69) is 10.6 Å². The van der Waals surface area contributed by atoms with Crippen LogP contribution < -0.4 is 15.4 Å². The van der Waals surface area contributed by atoms with Crippen molar-refractivity contribution in [3.63, 3.8) is 0 Å². The molecule has 1 atom stereocenters. The fourth-order valence-electron chi connectivity index (χ4n) is 2.56. The summed E-state index contributed by atoms with van der Waals surface area (Å²) in [5.74, 6) is 0.477. The summed E-state index contributed by atoms with van der Waals surface area (Å²) in [5.41, 5.74) is 0.678. The molecule has 7 heteroatoms. The third-order valence-electron chi connectivity index (χ3n) is 3.86. The number of methoxy groups -OCH3 is 1. The molecule has 1 unspecified atom stereocenters. The van der Waals surface area contributed by atoms with Crippen LogP contribution in [0.4, 0.5) is 5.69 Å². The van der Waals surface area contributed by atoms with Crippen molar-refractivity contribution in [1.82, 2.24) is 10.2 Å². The predicted molar refractivity (Wildman–Crippen MR) is 91.1 cm³/mol. The summed E-state index contributed by atoms with van der Waals surface area (Å²) in [4.78, 5) is 26.3. The predicted octanol–water partition coefficient (Wildman–Crippen LogP) is 0.861. The Hall–Kier alpha value is -2.12. The second-order valence-electron chi connectivity index (χ2n) is 5.51. The third kappa shape index (κ3) is 5.21. The van der Waals surface area contributed by atoms with E-state index in [9.17, 15) is 9.59 Å². The van der Waals surface area contributed by atoms with Crippen molar-refractivity contribution in [1.29, 1.82) is 0 Å². The number of benzene rings is 1. The molecular weight excluding hydrogens is 310 g/mol. The monoisotopic (exact) mass is 335 g/mol. The van der Waals surface area contributed by atoms with E-state index in [4.69, 9.17) is 9.47 Å². The number of anilines is 1. The molecule has 2 rings (SSSR count). The molecule has 2 N–H and O–H groups in total. The topological polar surface area (TPSA) is 79.9 Å². The Balaban J connectivity index is 1.84. The lowest BCUT2D eigenvalue weighted by atomic mass is 10.1. The number of hydrogen-bond donors (Lipinski definition) is 2. The SMILES string of the molecule is CCOCCN1CCNC(CC(=O)Nc2ccc(OC)cc2)C1=O. The number of rotatable bonds is 8. The minimum absolute atomic E-state index is 0.0502. The minimum Gasteiger partial charge on any atom is -0.497 e. The highest BCUT2D eigenvalue weighted by Crippen LogP contribution is 2.15. The third-order valence-corrected chi connectivity index (χ3v) is 3.86. The smallest absolute Gasteiger partial charge is 0.240 e. The van der Waals surface area contributed by atoms with Gasteiger partial charge in [0.1, 0.15) is 5.75 Å². The maximum absolute atomic E-state index is 12.4. The quantitative estimate of drug-likeness (QED) is 0.689. The maximum atomic E-state index is 12.4. The van der Waals surface area contributed by atoms with E-state index in [-0.39, 0.29) is 18.2 Å². The number of hydrogen-bond acceptors (Lipinski definition) is 5. The van der Waals surface area contributed by atoms with E-state index in [1.807, 2.05) is 6.92 Å². The zero-order chi connectivity index (χ0) is 17.4. The summed E-state index contributed by atoms with van der Waals surface area (Å²) >= 11 is 0. The van der Waals surface area contributed by atoms with E-state index in [1.54, 1.807) is 36.3 Å². The van der Waals surface area contributed by atoms with Crippen LogP contribution in [0.25, 0.3) is 0 Å². The Labute approximate surface area is 142 Å². The van der Waals surface area contributed by atoms with Crippen molar-refractivity contribution in [2.45, 2.75) is 19.4 Å². The van der Waals surface area contributed by atoms with Crippen molar-refractivity contribution in [2.75, 3.05) is 45.3 Å². The second-order valence-corrected chi connectivity index (χ2v) is 5.51. The van der Waals surface area contributed by atoms with Crippen LogP contribution in [0.1, 0.15) is 13.3 Å². The molecule has 1 aliphatic heterocycles. The standard InChI is InChI=1S/C17H25N3O4/c1-3-24-11-10-20-9-8-18-15(17(20)22)12-16(21)19-13-4-6-14(23-2)7-5-13/h4-7,15,18H,3,8-12H2,1-2H3,(H,19,21). The Bertz CT molecular complexity index is 547. The van der Waals surface area contributed by atoms with Gasteiger partial charge < -0.3 is 25.0 Å². The number of piperazine rings is 1. The number of amides is 2. The Morgan fingerprint density at radius 3 is 2.79 bits per heavy atom. The summed E-state index contributed by atoms with van der Waals surface area (Å²) in [7, 11) is 1.59. The lowest BCUT2D eigenvalue weighted by Crippen LogP contribution is -2.56. The van der Waals surface area contributed by atoms with Crippen molar-refractivity contribution < 1.29 is 19.1 Å². The molecule has 132 valence electrons. The van der Waals surface area contributed by atoms with Crippen LogP contribution in [-0.4, -0.2) is 62.7 Å². The van der Waals surface area contributed by atoms with Crippen LogP contribution in [0, 0.1) is 0 Å². The van der Waals surface area contributed by atoms with Crippen LogP contribution >= 0.6 is 0 Å². The lowest BCUT2D eigenvalue weighted by Gasteiger charge is -2.32. The molecule has 7 nitrogen and oxygen atoms in total. The number of carbonyl (C=O) groups is 2. The van der Waals surface area contributed by atoms with Gasteiger partial charge in [0.05, 0.1) is 26.2 Å². The van der Waals surface area contributed by atoms with Gasteiger partial charge in [-0.2, -0.15) is 0 Å². The number of nitrogens with zero attached hydrogens (tertiary/aromatic N) is 1. The molecule has 0 aliphatic carbocycles. The van der Waals surface area contributed by atoms with Gasteiger partial charge in [-0.05, 0) is 31.2 Å². The Morgan fingerprint density at radius 1 is 1.38 bits per heavy atom. The van der Waals surface area contributed by atoms with Crippen LogP contribution in [0.5, 0.6) is 5.75 Å². The molecule has 0 saturated carbocycles. The highest BCUT2D eigenvalue weighted by atomic mass is 16.5. The van der Waals surface area contributed by atoms with Crippen LogP contribution in [0.15, 0.2) is 24.3 Å². The highest BCUT2D eigenvalue weighted by molar-refractivity contribution is 5.95. The van der Waals surface area contributed by atoms with Crippen molar-refractivity contribution in [3.8, 4) is 5.75 Å². The maximum Gasteiger partial charge on any atom is 0.240 e. The fraction of sp³-hybridized carbons (Fsp3) is 0.529. The van der Waals surface area contributed by atoms with Crippen molar-refractivity contribution >= 4 is 17.5 Å².